The van der Waals surface area contributed by atoms with Crippen molar-refractivity contribution >= 4 is 16.9 Å². The number of aromatic carboxylic acids is 1. The van der Waals surface area contributed by atoms with Gasteiger partial charge in [0.15, 0.2) is 0 Å². The summed E-state index contributed by atoms with van der Waals surface area (Å²) in [4.78, 5) is 18.3. The highest BCUT2D eigenvalue weighted by Crippen LogP contribution is 2.23. The lowest BCUT2D eigenvalue weighted by Gasteiger charge is -2.16. The average Bonchev–Trinajstić information content (AvgIpc) is 3.08. The number of carboxylic acid groups (broad SMARTS) is 1. The summed E-state index contributed by atoms with van der Waals surface area (Å²) >= 11 is 0. The van der Waals surface area contributed by atoms with Gasteiger partial charge in [-0.05, 0) is 55.1 Å². The fourth-order valence-corrected chi connectivity index (χ4v) is 3.81. The molecule has 1 aromatic heterocycles. The van der Waals surface area contributed by atoms with Gasteiger partial charge in [0.1, 0.15) is 0 Å². The van der Waals surface area contributed by atoms with E-state index in [1.807, 2.05) is 24.3 Å². The van der Waals surface area contributed by atoms with Crippen molar-refractivity contribution < 1.29 is 9.90 Å². The van der Waals surface area contributed by atoms with E-state index in [0.29, 0.717) is 11.5 Å². The SMILES string of the molecule is O=C(O)c1cccc(CC2CCN(Cc3ccc4ccccc4n3)C2)c1. The minimum Gasteiger partial charge on any atom is -0.478 e. The van der Waals surface area contributed by atoms with Crippen molar-refractivity contribution in [3.05, 3.63) is 77.5 Å². The number of likely N-dealkylation sites (tertiary alicyclic amines) is 1. The van der Waals surface area contributed by atoms with Gasteiger partial charge in [0.25, 0.3) is 0 Å². The second-order valence-electron chi connectivity index (χ2n) is 7.09. The third-order valence-electron chi connectivity index (χ3n) is 5.11. The molecule has 2 heterocycles. The molecule has 1 fully saturated rings. The first-order valence-corrected chi connectivity index (χ1v) is 9.06. The lowest BCUT2D eigenvalue weighted by atomic mass is 9.97. The number of fused-ring (bicyclic) bond motifs is 1. The van der Waals surface area contributed by atoms with Crippen LogP contribution in [0.3, 0.4) is 0 Å². The van der Waals surface area contributed by atoms with Crippen LogP contribution in [-0.4, -0.2) is 34.0 Å². The highest BCUT2D eigenvalue weighted by Gasteiger charge is 2.23. The molecule has 1 aliphatic rings. The molecule has 0 amide bonds. The van der Waals surface area contributed by atoms with Crippen molar-refractivity contribution in [2.75, 3.05) is 13.1 Å². The van der Waals surface area contributed by atoms with E-state index in [4.69, 9.17) is 10.1 Å². The lowest BCUT2D eigenvalue weighted by Crippen LogP contribution is -2.21. The Bertz CT molecular complexity index is 938. The van der Waals surface area contributed by atoms with Crippen LogP contribution in [0.5, 0.6) is 0 Å². The molecular formula is C22H22N2O2. The van der Waals surface area contributed by atoms with Crippen molar-refractivity contribution in [3.8, 4) is 0 Å². The number of para-hydroxylation sites is 1. The zero-order chi connectivity index (χ0) is 17.9. The Hall–Kier alpha value is -2.72. The van der Waals surface area contributed by atoms with Crippen molar-refractivity contribution in [2.45, 2.75) is 19.4 Å². The highest BCUT2D eigenvalue weighted by atomic mass is 16.4. The Morgan fingerprint density at radius 3 is 2.88 bits per heavy atom. The first-order valence-electron chi connectivity index (χ1n) is 9.06. The number of nitrogens with zero attached hydrogens (tertiary/aromatic N) is 2. The van der Waals surface area contributed by atoms with Crippen molar-refractivity contribution in [2.24, 2.45) is 5.92 Å². The molecule has 0 aliphatic carbocycles. The van der Waals surface area contributed by atoms with Crippen molar-refractivity contribution in [1.29, 1.82) is 0 Å². The van der Waals surface area contributed by atoms with Gasteiger partial charge in [-0.15, -0.1) is 0 Å². The largest absolute Gasteiger partial charge is 0.478 e. The summed E-state index contributed by atoms with van der Waals surface area (Å²) in [7, 11) is 0. The Kier molecular flexibility index (Phi) is 4.67. The number of hydrogen-bond donors (Lipinski definition) is 1. The summed E-state index contributed by atoms with van der Waals surface area (Å²) < 4.78 is 0. The summed E-state index contributed by atoms with van der Waals surface area (Å²) in [5.41, 5.74) is 3.64. The molecular weight excluding hydrogens is 324 g/mol. The molecule has 4 heteroatoms. The molecule has 4 rings (SSSR count). The molecule has 1 aliphatic heterocycles. The van der Waals surface area contributed by atoms with Gasteiger partial charge in [0.05, 0.1) is 16.8 Å². The maximum Gasteiger partial charge on any atom is 0.335 e. The Morgan fingerprint density at radius 2 is 2.00 bits per heavy atom. The summed E-state index contributed by atoms with van der Waals surface area (Å²) in [6.07, 6.45) is 2.08. The summed E-state index contributed by atoms with van der Waals surface area (Å²) in [6, 6.07) is 19.8. The van der Waals surface area contributed by atoms with Gasteiger partial charge in [-0.25, -0.2) is 4.79 Å². The predicted molar refractivity (Wildman–Crippen MR) is 102 cm³/mol. The normalized spacial score (nSPS) is 17.6. The number of rotatable bonds is 5. The third kappa shape index (κ3) is 3.75. The van der Waals surface area contributed by atoms with E-state index in [2.05, 4.69) is 29.2 Å². The molecule has 0 saturated carbocycles. The lowest BCUT2D eigenvalue weighted by molar-refractivity contribution is 0.0696. The monoisotopic (exact) mass is 346 g/mol. The van der Waals surface area contributed by atoms with Crippen LogP contribution >= 0.6 is 0 Å². The van der Waals surface area contributed by atoms with Crippen LogP contribution in [-0.2, 0) is 13.0 Å². The van der Waals surface area contributed by atoms with Gasteiger partial charge >= 0.3 is 5.97 Å². The maximum atomic E-state index is 11.1. The molecule has 4 nitrogen and oxygen atoms in total. The minimum atomic E-state index is -0.859. The summed E-state index contributed by atoms with van der Waals surface area (Å²) in [5, 5.41) is 10.3. The van der Waals surface area contributed by atoms with E-state index < -0.39 is 5.97 Å². The molecule has 132 valence electrons. The van der Waals surface area contributed by atoms with E-state index in [1.54, 1.807) is 12.1 Å². The third-order valence-corrected chi connectivity index (χ3v) is 5.11. The van der Waals surface area contributed by atoms with Crippen LogP contribution in [0, 0.1) is 5.92 Å². The molecule has 26 heavy (non-hydrogen) atoms. The number of benzene rings is 2. The molecule has 0 radical (unpaired) electrons. The Morgan fingerprint density at radius 1 is 1.12 bits per heavy atom. The average molecular weight is 346 g/mol. The standard InChI is InChI=1S/C22H22N2O2/c25-22(26)19-6-3-4-16(13-19)12-17-10-11-24(14-17)15-20-9-8-18-5-1-2-7-21(18)23-20/h1-9,13,17H,10-12,14-15H2,(H,25,26). The van der Waals surface area contributed by atoms with Crippen LogP contribution in [0.25, 0.3) is 10.9 Å². The van der Waals surface area contributed by atoms with E-state index in [9.17, 15) is 4.79 Å². The van der Waals surface area contributed by atoms with Gasteiger partial charge in [0, 0.05) is 18.5 Å². The van der Waals surface area contributed by atoms with E-state index >= 15 is 0 Å². The zero-order valence-electron chi connectivity index (χ0n) is 14.6. The number of aromatic nitrogens is 1. The second kappa shape index (κ2) is 7.26. The fraction of sp³-hybridized carbons (Fsp3) is 0.273. The number of carbonyl (C=O) groups is 1. The molecule has 0 bridgehead atoms. The summed E-state index contributed by atoms with van der Waals surface area (Å²) in [5.74, 6) is -0.290. The maximum absolute atomic E-state index is 11.1. The molecule has 0 spiro atoms. The van der Waals surface area contributed by atoms with Crippen LogP contribution in [0.4, 0.5) is 0 Å². The van der Waals surface area contributed by atoms with Crippen molar-refractivity contribution in [3.63, 3.8) is 0 Å². The van der Waals surface area contributed by atoms with E-state index in [0.717, 1.165) is 49.2 Å². The summed E-state index contributed by atoms with van der Waals surface area (Å²) in [6.45, 7) is 2.97. The molecule has 1 saturated heterocycles. The van der Waals surface area contributed by atoms with Gasteiger partial charge in [-0.1, -0.05) is 36.4 Å². The van der Waals surface area contributed by atoms with Crippen LogP contribution in [0.2, 0.25) is 0 Å². The zero-order valence-corrected chi connectivity index (χ0v) is 14.6. The fourth-order valence-electron chi connectivity index (χ4n) is 3.81. The Labute approximate surface area is 153 Å². The number of hydrogen-bond acceptors (Lipinski definition) is 3. The van der Waals surface area contributed by atoms with Gasteiger partial charge in [-0.3, -0.25) is 9.88 Å². The molecule has 2 aromatic carbocycles. The first kappa shape index (κ1) is 16.7. The molecule has 3 aromatic rings. The van der Waals surface area contributed by atoms with Crippen molar-refractivity contribution in [1.82, 2.24) is 9.88 Å². The molecule has 1 unspecified atom stereocenters. The smallest absolute Gasteiger partial charge is 0.335 e. The topological polar surface area (TPSA) is 53.4 Å². The number of pyridine rings is 1. The Balaban J connectivity index is 1.38. The second-order valence-corrected chi connectivity index (χ2v) is 7.09. The van der Waals surface area contributed by atoms with Crippen LogP contribution in [0.15, 0.2) is 60.7 Å². The van der Waals surface area contributed by atoms with E-state index in [1.165, 1.54) is 5.39 Å². The van der Waals surface area contributed by atoms with Crippen LogP contribution in [0.1, 0.15) is 28.0 Å². The van der Waals surface area contributed by atoms with E-state index in [-0.39, 0.29) is 0 Å². The molecule has 1 N–H and O–H groups in total. The van der Waals surface area contributed by atoms with Gasteiger partial charge in [-0.2, -0.15) is 0 Å². The van der Waals surface area contributed by atoms with Gasteiger partial charge < -0.3 is 5.11 Å². The quantitative estimate of drug-likeness (QED) is 0.759. The predicted octanol–water partition coefficient (Wildman–Crippen LogP) is 4.00. The van der Waals surface area contributed by atoms with Gasteiger partial charge in [0.2, 0.25) is 0 Å². The minimum absolute atomic E-state index is 0.373. The van der Waals surface area contributed by atoms with Crippen LogP contribution < -0.4 is 0 Å². The highest BCUT2D eigenvalue weighted by molar-refractivity contribution is 5.87. The number of carboxylic acids is 1. The molecule has 1 atom stereocenters. The first-order chi connectivity index (χ1) is 12.7.